The van der Waals surface area contributed by atoms with E-state index >= 15 is 0 Å². The molecule has 0 amide bonds. The second-order valence-corrected chi connectivity index (χ2v) is 11.4. The van der Waals surface area contributed by atoms with Crippen molar-refractivity contribution in [3.63, 3.8) is 0 Å². The quantitative estimate of drug-likeness (QED) is 0.0696. The lowest BCUT2D eigenvalue weighted by Gasteiger charge is -2.29. The van der Waals surface area contributed by atoms with Crippen LogP contribution < -0.4 is 0 Å². The van der Waals surface area contributed by atoms with Gasteiger partial charge in [0, 0.05) is 32.6 Å². The van der Waals surface area contributed by atoms with Crippen molar-refractivity contribution in [1.29, 1.82) is 0 Å². The molecule has 0 fully saturated rings. The molecule has 218 valence electrons. The Morgan fingerprint density at radius 3 is 2.38 bits per heavy atom. The molecule has 1 unspecified atom stereocenters. The maximum Gasteiger partial charge on any atom is 0.417 e. The molecule has 0 aliphatic rings. The van der Waals surface area contributed by atoms with E-state index in [0.29, 0.717) is 27.8 Å². The van der Waals surface area contributed by atoms with Crippen LogP contribution in [0.25, 0.3) is 22.3 Å². The van der Waals surface area contributed by atoms with Crippen LogP contribution in [-0.2, 0) is 22.1 Å². The van der Waals surface area contributed by atoms with Gasteiger partial charge in [0.1, 0.15) is 11.3 Å². The lowest BCUT2D eigenvalue weighted by Crippen LogP contribution is -2.33. The van der Waals surface area contributed by atoms with Crippen LogP contribution in [0.5, 0.6) is 0 Å². The van der Waals surface area contributed by atoms with Crippen LogP contribution in [0.3, 0.4) is 0 Å². The van der Waals surface area contributed by atoms with Gasteiger partial charge in [-0.3, -0.25) is 0 Å². The summed E-state index contributed by atoms with van der Waals surface area (Å²) < 4.78 is 92.6. The highest BCUT2D eigenvalue weighted by Gasteiger charge is 2.40. The van der Waals surface area contributed by atoms with E-state index in [1.807, 2.05) is 6.92 Å². The highest BCUT2D eigenvalue weighted by molar-refractivity contribution is 7.99. The fourth-order valence-electron chi connectivity index (χ4n) is 4.26. The summed E-state index contributed by atoms with van der Waals surface area (Å²) in [5.41, 5.74) is -1.27. The molecule has 1 aromatic heterocycles. The number of unbranched alkanes of at least 4 members (excludes halogenated alkanes) is 2. The third-order valence-electron chi connectivity index (χ3n) is 6.33. The number of alkyl halides is 6. The number of rotatable bonds is 12. The van der Waals surface area contributed by atoms with Crippen LogP contribution in [-0.4, -0.2) is 24.5 Å². The second kappa shape index (κ2) is 12.7. The first-order valence-electron chi connectivity index (χ1n) is 12.9. The van der Waals surface area contributed by atoms with Crippen LogP contribution in [0, 0.1) is 5.41 Å². The molecule has 10 heteroatoms. The largest absolute Gasteiger partial charge is 0.462 e. The molecule has 0 saturated carbocycles. The predicted octanol–water partition coefficient (Wildman–Crippen LogP) is 10.0. The molecule has 3 nitrogen and oxygen atoms in total. The van der Waals surface area contributed by atoms with Gasteiger partial charge in [0.2, 0.25) is 0 Å². The van der Waals surface area contributed by atoms with Crippen LogP contribution in [0.2, 0.25) is 0 Å². The van der Waals surface area contributed by atoms with Crippen molar-refractivity contribution < 1.29 is 40.3 Å². The first-order chi connectivity index (χ1) is 18.6. The minimum Gasteiger partial charge on any atom is -0.462 e. The lowest BCUT2D eigenvalue weighted by atomic mass is 9.90. The fourth-order valence-corrected chi connectivity index (χ4v) is 5.31. The van der Waals surface area contributed by atoms with Gasteiger partial charge in [0.05, 0.1) is 18.6 Å². The highest BCUT2D eigenvalue weighted by Crippen LogP contribution is 2.42. The normalized spacial score (nSPS) is 13.8. The number of thioether (sulfide) groups is 1. The third kappa shape index (κ3) is 8.81. The molecule has 0 radical (unpaired) electrons. The van der Waals surface area contributed by atoms with Gasteiger partial charge in [-0.2, -0.15) is 26.3 Å². The van der Waals surface area contributed by atoms with Crippen LogP contribution >= 0.6 is 11.8 Å². The predicted molar refractivity (Wildman–Crippen MR) is 145 cm³/mol. The molecule has 0 aliphatic heterocycles. The summed E-state index contributed by atoms with van der Waals surface area (Å²) in [5.74, 6) is -0.749. The number of aryl methyl sites for hydroxylation is 1. The van der Waals surface area contributed by atoms with E-state index in [9.17, 15) is 31.1 Å². The zero-order valence-corrected chi connectivity index (χ0v) is 23.4. The van der Waals surface area contributed by atoms with Gasteiger partial charge < -0.3 is 9.15 Å². The van der Waals surface area contributed by atoms with Crippen molar-refractivity contribution in [2.75, 3.05) is 12.4 Å². The Hall–Kier alpha value is -2.88. The summed E-state index contributed by atoms with van der Waals surface area (Å²) in [6.07, 6.45) is -6.97. The number of fused-ring (bicyclic) bond motifs is 1. The number of esters is 1. The Labute approximate surface area is 234 Å². The van der Waals surface area contributed by atoms with Crippen molar-refractivity contribution in [2.45, 2.75) is 70.1 Å². The monoisotopic (exact) mass is 586 g/mol. The topological polar surface area (TPSA) is 39.4 Å². The first-order valence-corrected chi connectivity index (χ1v) is 13.8. The van der Waals surface area contributed by atoms with Gasteiger partial charge in [0.15, 0.2) is 0 Å². The summed E-state index contributed by atoms with van der Waals surface area (Å²) in [6.45, 7) is 7.80. The summed E-state index contributed by atoms with van der Waals surface area (Å²) in [7, 11) is 0. The van der Waals surface area contributed by atoms with Crippen molar-refractivity contribution in [3.05, 3.63) is 65.7 Å². The van der Waals surface area contributed by atoms with Gasteiger partial charge in [-0.1, -0.05) is 45.4 Å². The van der Waals surface area contributed by atoms with Gasteiger partial charge in [0.25, 0.3) is 0 Å². The van der Waals surface area contributed by atoms with E-state index in [1.165, 1.54) is 32.0 Å². The number of ether oxygens (including phenoxy) is 1. The SMILES string of the molecule is C=C(C)C(=O)OCC(C)(CSc1ccc2cc(-c3ccc(CCCCC)cc3C(F)(F)F)oc2c1)CC(F)(F)F. The average molecular weight is 587 g/mol. The summed E-state index contributed by atoms with van der Waals surface area (Å²) in [5, 5.41) is 0.563. The van der Waals surface area contributed by atoms with Crippen LogP contribution in [0.1, 0.15) is 57.6 Å². The van der Waals surface area contributed by atoms with E-state index in [-0.39, 0.29) is 22.6 Å². The summed E-state index contributed by atoms with van der Waals surface area (Å²) in [6, 6.07) is 10.7. The molecule has 0 bridgehead atoms. The fraction of sp³-hybridized carbons (Fsp3) is 0.433. The maximum absolute atomic E-state index is 13.9. The van der Waals surface area contributed by atoms with Gasteiger partial charge in [-0.15, -0.1) is 11.8 Å². The zero-order valence-electron chi connectivity index (χ0n) is 22.6. The van der Waals surface area contributed by atoms with Gasteiger partial charge >= 0.3 is 18.3 Å². The molecular weight excluding hydrogens is 554 g/mol. The second-order valence-electron chi connectivity index (χ2n) is 10.4. The van der Waals surface area contributed by atoms with Crippen LogP contribution in [0.4, 0.5) is 26.3 Å². The first kappa shape index (κ1) is 31.6. The number of hydrogen-bond donors (Lipinski definition) is 0. The molecule has 1 atom stereocenters. The molecular formula is C30H32F6O3S. The minimum atomic E-state index is -4.58. The molecule has 0 aliphatic carbocycles. The van der Waals surface area contributed by atoms with Gasteiger partial charge in [-0.25, -0.2) is 4.79 Å². The standard InChI is InChI=1S/C30H32F6O3S/c1-5-6-7-8-20-9-12-23(24(13-20)30(34,35)36)26-14-21-10-11-22(15-25(21)39-26)40-18-28(4,16-29(31,32)33)17-38-27(37)19(2)3/h9-15H,2,5-8,16-18H2,1,3-4H3. The molecule has 40 heavy (non-hydrogen) atoms. The molecule has 2 aromatic carbocycles. The Morgan fingerprint density at radius 2 is 1.75 bits per heavy atom. The van der Waals surface area contributed by atoms with Crippen molar-refractivity contribution in [1.82, 2.24) is 0 Å². The third-order valence-corrected chi connectivity index (χ3v) is 7.76. The molecule has 0 saturated heterocycles. The zero-order chi connectivity index (χ0) is 29.7. The van der Waals surface area contributed by atoms with Crippen molar-refractivity contribution in [2.24, 2.45) is 5.41 Å². The molecule has 0 N–H and O–H groups in total. The average Bonchev–Trinajstić information content (AvgIpc) is 3.28. The number of halogens is 6. The Kier molecular flexibility index (Phi) is 10.1. The number of carbonyl (C=O) groups is 1. The number of benzene rings is 2. The molecule has 0 spiro atoms. The van der Waals surface area contributed by atoms with Crippen molar-refractivity contribution in [3.8, 4) is 11.3 Å². The Bertz CT molecular complexity index is 1340. The van der Waals surface area contributed by atoms with E-state index in [4.69, 9.17) is 9.15 Å². The summed E-state index contributed by atoms with van der Waals surface area (Å²) in [4.78, 5) is 12.3. The smallest absolute Gasteiger partial charge is 0.417 e. The van der Waals surface area contributed by atoms with E-state index in [2.05, 4.69) is 6.58 Å². The minimum absolute atomic E-state index is 0.0350. The number of hydrogen-bond acceptors (Lipinski definition) is 4. The molecule has 3 rings (SSSR count). The van der Waals surface area contributed by atoms with E-state index < -0.39 is 42.3 Å². The number of furan rings is 1. The highest BCUT2D eigenvalue weighted by atomic mass is 32.2. The lowest BCUT2D eigenvalue weighted by molar-refractivity contribution is -0.166. The molecule has 3 aromatic rings. The van der Waals surface area contributed by atoms with E-state index in [1.54, 1.807) is 24.3 Å². The van der Waals surface area contributed by atoms with Crippen molar-refractivity contribution >= 4 is 28.7 Å². The van der Waals surface area contributed by atoms with Crippen LogP contribution in [0.15, 0.2) is 63.9 Å². The Morgan fingerprint density at radius 1 is 1.02 bits per heavy atom. The summed E-state index contributed by atoms with van der Waals surface area (Å²) >= 11 is 1.11. The maximum atomic E-state index is 13.9. The van der Waals surface area contributed by atoms with E-state index in [0.717, 1.165) is 31.0 Å². The molecule has 1 heterocycles. The Balaban J connectivity index is 1.84. The van der Waals surface area contributed by atoms with Gasteiger partial charge in [-0.05, 0) is 55.7 Å². The number of carbonyl (C=O) groups excluding carboxylic acids is 1.